The number of hydrogen-bond donors (Lipinski definition) is 1. The van der Waals surface area contributed by atoms with Crippen molar-refractivity contribution >= 4 is 22.2 Å². The van der Waals surface area contributed by atoms with E-state index in [1.807, 2.05) is 51.3 Å². The lowest BCUT2D eigenvalue weighted by Crippen LogP contribution is -2.30. The van der Waals surface area contributed by atoms with E-state index in [1.54, 1.807) is 0 Å². The summed E-state index contributed by atoms with van der Waals surface area (Å²) in [6.07, 6.45) is 4.11. The van der Waals surface area contributed by atoms with Gasteiger partial charge >= 0.3 is 0 Å². The molecule has 0 unspecified atom stereocenters. The van der Waals surface area contributed by atoms with Crippen LogP contribution in [0.1, 0.15) is 47.7 Å². The number of oxime groups is 1. The Labute approximate surface area is 143 Å². The van der Waals surface area contributed by atoms with Gasteiger partial charge in [-0.2, -0.15) is 0 Å². The van der Waals surface area contributed by atoms with Gasteiger partial charge in [0.15, 0.2) is 17.5 Å². The van der Waals surface area contributed by atoms with Gasteiger partial charge in [-0.05, 0) is 34.6 Å². The molecule has 0 aliphatic rings. The summed E-state index contributed by atoms with van der Waals surface area (Å²) < 4.78 is 2.12. The number of nitrogens with two attached hydrogens (primary N) is 1. The molecule has 0 atom stereocenters. The van der Waals surface area contributed by atoms with Crippen molar-refractivity contribution in [2.24, 2.45) is 5.16 Å². The number of nitrogen functional groups attached to an aromatic ring is 1. The molecule has 2 aromatic heterocycles. The van der Waals surface area contributed by atoms with Crippen LogP contribution in [0.25, 0.3) is 0 Å². The van der Waals surface area contributed by atoms with E-state index in [2.05, 4.69) is 34.0 Å². The highest BCUT2D eigenvalue weighted by Gasteiger charge is 2.11. The molecule has 2 aromatic rings. The zero-order valence-electron chi connectivity index (χ0n) is 13.9. The third kappa shape index (κ3) is 8.93. The Kier molecular flexibility index (Phi) is 9.10. The third-order valence-corrected chi connectivity index (χ3v) is 3.17. The topological polar surface area (TPSA) is 64.4 Å². The number of pyridine rings is 1. The minimum Gasteiger partial charge on any atom is -0.390 e. The molecule has 128 valence electrons. The lowest BCUT2D eigenvalue weighted by Gasteiger charge is -2.15. The van der Waals surface area contributed by atoms with Crippen LogP contribution in [0.4, 0.5) is 5.13 Å². The van der Waals surface area contributed by atoms with Crippen molar-refractivity contribution in [1.82, 2.24) is 4.98 Å². The first kappa shape index (κ1) is 21.0. The van der Waals surface area contributed by atoms with Gasteiger partial charge < -0.3 is 10.6 Å². The summed E-state index contributed by atoms with van der Waals surface area (Å²) in [6.45, 7) is 10.9. The minimum absolute atomic E-state index is 0. The van der Waals surface area contributed by atoms with Crippen LogP contribution in [0.2, 0.25) is 0 Å². The van der Waals surface area contributed by atoms with Gasteiger partial charge in [0.1, 0.15) is 23.6 Å². The van der Waals surface area contributed by atoms with Crippen LogP contribution < -0.4 is 10.3 Å². The van der Waals surface area contributed by atoms with Crippen LogP contribution >= 0.6 is 11.3 Å². The molecule has 23 heavy (non-hydrogen) atoms. The summed E-state index contributed by atoms with van der Waals surface area (Å²) in [5.41, 5.74) is 6.75. The van der Waals surface area contributed by atoms with Crippen molar-refractivity contribution in [3.8, 4) is 0 Å². The number of nitrogens with zero attached hydrogens (tertiary/aromatic N) is 3. The van der Waals surface area contributed by atoms with Crippen molar-refractivity contribution in [2.75, 3.05) is 5.73 Å². The van der Waals surface area contributed by atoms with Gasteiger partial charge in [0, 0.05) is 17.5 Å². The summed E-state index contributed by atoms with van der Waals surface area (Å²) in [5.74, 6) is 0. The van der Waals surface area contributed by atoms with E-state index in [1.165, 1.54) is 11.3 Å². The SMILES string of the molecule is C.C/C(=N/OC(C)(C)C)c1csc(N)n1.CC[n+]1ccccc1. The van der Waals surface area contributed by atoms with Gasteiger partial charge in [-0.3, -0.25) is 0 Å². The standard InChI is InChI=1S/C9H15N3OS.C7H10N.CH4/c1-6(12-13-9(2,3)4)7-5-14-8(10)11-7;1-2-8-6-4-3-5-7-8;/h5H,1-4H3,(H2,10,11);3-7H,2H2,1H3;1H4/q;+1;/b12-6-;;. The van der Waals surface area contributed by atoms with Gasteiger partial charge in [0.25, 0.3) is 0 Å². The van der Waals surface area contributed by atoms with E-state index in [4.69, 9.17) is 10.6 Å². The van der Waals surface area contributed by atoms with Crippen LogP contribution in [-0.4, -0.2) is 16.3 Å². The van der Waals surface area contributed by atoms with E-state index in [0.29, 0.717) is 5.13 Å². The average molecular weight is 338 g/mol. The van der Waals surface area contributed by atoms with Crippen LogP contribution in [-0.2, 0) is 11.4 Å². The number of anilines is 1. The zero-order valence-corrected chi connectivity index (χ0v) is 14.7. The monoisotopic (exact) mass is 337 g/mol. The van der Waals surface area contributed by atoms with Crippen molar-refractivity contribution in [1.29, 1.82) is 0 Å². The maximum atomic E-state index is 5.51. The molecule has 5 nitrogen and oxygen atoms in total. The van der Waals surface area contributed by atoms with Crippen molar-refractivity contribution in [3.63, 3.8) is 0 Å². The Balaban J connectivity index is 0.000000460. The molecular weight excluding hydrogens is 308 g/mol. The molecule has 0 radical (unpaired) electrons. The van der Waals surface area contributed by atoms with Crippen LogP contribution in [0, 0.1) is 0 Å². The first-order chi connectivity index (χ1) is 10.3. The molecule has 0 fully saturated rings. The average Bonchev–Trinajstić information content (AvgIpc) is 2.92. The van der Waals surface area contributed by atoms with Crippen LogP contribution in [0.15, 0.2) is 41.1 Å². The molecule has 2 rings (SSSR count). The van der Waals surface area contributed by atoms with E-state index in [-0.39, 0.29) is 13.0 Å². The first-order valence-electron chi connectivity index (χ1n) is 7.20. The maximum absolute atomic E-state index is 5.51. The number of thiazole rings is 1. The van der Waals surface area contributed by atoms with E-state index < -0.39 is 0 Å². The minimum atomic E-state index is -0.275. The summed E-state index contributed by atoms with van der Waals surface area (Å²) in [7, 11) is 0. The predicted octanol–water partition coefficient (Wildman–Crippen LogP) is 3.89. The fraction of sp³-hybridized carbons (Fsp3) is 0.471. The normalized spacial score (nSPS) is 11.1. The number of hydrogen-bond acceptors (Lipinski definition) is 5. The fourth-order valence-electron chi connectivity index (χ4n) is 1.35. The van der Waals surface area contributed by atoms with Gasteiger partial charge in [0.2, 0.25) is 0 Å². The Morgan fingerprint density at radius 3 is 2.30 bits per heavy atom. The number of aromatic nitrogens is 2. The zero-order chi connectivity index (χ0) is 16.6. The molecule has 2 N–H and O–H groups in total. The molecule has 0 saturated carbocycles. The molecule has 0 spiro atoms. The van der Waals surface area contributed by atoms with Crippen LogP contribution in [0.3, 0.4) is 0 Å². The van der Waals surface area contributed by atoms with Crippen molar-refractivity contribution < 1.29 is 9.40 Å². The van der Waals surface area contributed by atoms with Gasteiger partial charge in [-0.1, -0.05) is 18.6 Å². The highest BCUT2D eigenvalue weighted by atomic mass is 32.1. The first-order valence-corrected chi connectivity index (χ1v) is 8.08. The lowest BCUT2D eigenvalue weighted by molar-refractivity contribution is -0.693. The Bertz CT molecular complexity index is 588. The second-order valence-corrected chi connectivity index (χ2v) is 6.55. The quantitative estimate of drug-likeness (QED) is 0.525. The largest absolute Gasteiger partial charge is 0.390 e. The Hall–Kier alpha value is -1.95. The summed E-state index contributed by atoms with van der Waals surface area (Å²) >= 11 is 1.40. The highest BCUT2D eigenvalue weighted by Crippen LogP contribution is 2.13. The Morgan fingerprint density at radius 2 is 1.91 bits per heavy atom. The molecule has 6 heteroatoms. The van der Waals surface area contributed by atoms with Gasteiger partial charge in [0.05, 0.1) is 0 Å². The number of rotatable bonds is 3. The fourth-order valence-corrected chi connectivity index (χ4v) is 1.96. The Morgan fingerprint density at radius 1 is 1.30 bits per heavy atom. The molecule has 0 aliphatic heterocycles. The maximum Gasteiger partial charge on any atom is 0.180 e. The molecule has 2 heterocycles. The summed E-state index contributed by atoms with van der Waals surface area (Å²) in [6, 6.07) is 6.08. The smallest absolute Gasteiger partial charge is 0.180 e. The van der Waals surface area contributed by atoms with Crippen LogP contribution in [0.5, 0.6) is 0 Å². The van der Waals surface area contributed by atoms with Gasteiger partial charge in [-0.25, -0.2) is 9.55 Å². The second-order valence-electron chi connectivity index (χ2n) is 5.66. The molecular formula is C17H29N4OS+. The molecule has 0 aromatic carbocycles. The molecule has 0 amide bonds. The summed E-state index contributed by atoms with van der Waals surface area (Å²) in [4.78, 5) is 9.36. The predicted molar refractivity (Wildman–Crippen MR) is 98.6 cm³/mol. The van der Waals surface area contributed by atoms with Crippen molar-refractivity contribution in [2.45, 2.75) is 54.2 Å². The summed E-state index contributed by atoms with van der Waals surface area (Å²) in [5, 5.41) is 6.39. The lowest BCUT2D eigenvalue weighted by atomic mass is 10.2. The van der Waals surface area contributed by atoms with Crippen molar-refractivity contribution in [3.05, 3.63) is 41.7 Å². The molecule has 0 saturated heterocycles. The van der Waals surface area contributed by atoms with E-state index in [9.17, 15) is 0 Å². The molecule has 0 aliphatic carbocycles. The highest BCUT2D eigenvalue weighted by molar-refractivity contribution is 7.13. The number of aryl methyl sites for hydroxylation is 1. The molecule has 0 bridgehead atoms. The van der Waals surface area contributed by atoms with E-state index >= 15 is 0 Å². The van der Waals surface area contributed by atoms with E-state index in [0.717, 1.165) is 18.0 Å². The third-order valence-electron chi connectivity index (χ3n) is 2.49. The van der Waals surface area contributed by atoms with Gasteiger partial charge in [-0.15, -0.1) is 11.3 Å². The second kappa shape index (κ2) is 9.94.